The number of nitrogens with zero attached hydrogens (tertiary/aromatic N) is 2. The normalized spacial score (nSPS) is 20.8. The summed E-state index contributed by atoms with van der Waals surface area (Å²) in [7, 11) is 0. The van der Waals surface area contributed by atoms with Crippen LogP contribution in [0.1, 0.15) is 47.4 Å². The van der Waals surface area contributed by atoms with Crippen LogP contribution in [0.5, 0.6) is 0 Å². The molecule has 0 saturated carbocycles. The Morgan fingerprint density at radius 2 is 2.22 bits per heavy atom. The molecule has 1 unspecified atom stereocenters. The summed E-state index contributed by atoms with van der Waals surface area (Å²) in [6.45, 7) is 4.47. The molecule has 0 aromatic carbocycles. The van der Waals surface area contributed by atoms with Crippen LogP contribution in [0.4, 0.5) is 0 Å². The Labute approximate surface area is 107 Å². The molecule has 5 nitrogen and oxygen atoms in total. The molecular weight excluding hydrogens is 230 g/mol. The largest absolute Gasteiger partial charge is 0.394 e. The third-order valence-corrected chi connectivity index (χ3v) is 3.69. The lowest BCUT2D eigenvalue weighted by atomic mass is 10.1. The van der Waals surface area contributed by atoms with Crippen LogP contribution in [0.3, 0.4) is 0 Å². The monoisotopic (exact) mass is 251 g/mol. The lowest BCUT2D eigenvalue weighted by molar-refractivity contribution is 0.0598. The first-order valence-corrected chi connectivity index (χ1v) is 6.58. The summed E-state index contributed by atoms with van der Waals surface area (Å²) in [5.41, 5.74) is 2.20. The lowest BCUT2D eigenvalue weighted by Gasteiger charge is -2.28. The maximum Gasteiger partial charge on any atom is 0.257 e. The van der Waals surface area contributed by atoms with E-state index < -0.39 is 0 Å². The van der Waals surface area contributed by atoms with E-state index in [2.05, 4.69) is 10.2 Å². The van der Waals surface area contributed by atoms with E-state index in [1.165, 1.54) is 0 Å². The zero-order valence-electron chi connectivity index (χ0n) is 11.1. The molecule has 0 spiro atoms. The highest BCUT2D eigenvalue weighted by molar-refractivity contribution is 5.96. The van der Waals surface area contributed by atoms with Crippen molar-refractivity contribution >= 4 is 5.91 Å². The Morgan fingerprint density at radius 1 is 1.44 bits per heavy atom. The standard InChI is InChI=1S/C13H21N3O2/c1-9-12(10(2)15-14-9)13(18)16-7-5-3-4-6-11(16)8-17/h11,17H,3-8H2,1-2H3,(H,14,15). The van der Waals surface area contributed by atoms with Crippen LogP contribution in [-0.4, -0.2) is 45.3 Å². The maximum atomic E-state index is 12.6. The summed E-state index contributed by atoms with van der Waals surface area (Å²) in [6.07, 6.45) is 4.11. The molecule has 2 N–H and O–H groups in total. The minimum absolute atomic E-state index is 0.000278. The molecule has 1 aliphatic heterocycles. The van der Waals surface area contributed by atoms with E-state index in [-0.39, 0.29) is 18.6 Å². The van der Waals surface area contributed by atoms with Gasteiger partial charge in [0.15, 0.2) is 0 Å². The van der Waals surface area contributed by atoms with E-state index in [9.17, 15) is 9.90 Å². The molecule has 1 amide bonds. The van der Waals surface area contributed by atoms with Gasteiger partial charge >= 0.3 is 0 Å². The van der Waals surface area contributed by atoms with Gasteiger partial charge in [0, 0.05) is 12.2 Å². The fourth-order valence-electron chi connectivity index (χ4n) is 2.64. The third kappa shape index (κ3) is 2.41. The second-order valence-corrected chi connectivity index (χ2v) is 4.99. The van der Waals surface area contributed by atoms with Crippen molar-refractivity contribution in [1.82, 2.24) is 15.1 Å². The number of aryl methyl sites for hydroxylation is 2. The highest BCUT2D eigenvalue weighted by atomic mass is 16.3. The minimum atomic E-state index is -0.0475. The van der Waals surface area contributed by atoms with E-state index in [1.807, 2.05) is 18.7 Å². The topological polar surface area (TPSA) is 69.2 Å². The Bertz CT molecular complexity index is 408. The number of rotatable bonds is 2. The quantitative estimate of drug-likeness (QED) is 0.835. The zero-order chi connectivity index (χ0) is 13.1. The first-order chi connectivity index (χ1) is 8.65. The van der Waals surface area contributed by atoms with Crippen molar-refractivity contribution in [2.24, 2.45) is 0 Å². The Hall–Kier alpha value is -1.36. The molecule has 0 radical (unpaired) electrons. The molecule has 2 heterocycles. The lowest BCUT2D eigenvalue weighted by Crippen LogP contribution is -2.42. The van der Waals surface area contributed by atoms with Crippen LogP contribution in [0.2, 0.25) is 0 Å². The SMILES string of the molecule is Cc1n[nH]c(C)c1C(=O)N1CCCCCC1CO. The molecular formula is C13H21N3O2. The Balaban J connectivity index is 2.25. The number of carbonyl (C=O) groups excluding carboxylic acids is 1. The molecule has 1 fully saturated rings. The van der Waals surface area contributed by atoms with Crippen LogP contribution in [0.25, 0.3) is 0 Å². The van der Waals surface area contributed by atoms with Crippen molar-refractivity contribution in [3.05, 3.63) is 17.0 Å². The summed E-state index contributed by atoms with van der Waals surface area (Å²) >= 11 is 0. The second kappa shape index (κ2) is 5.52. The van der Waals surface area contributed by atoms with Gasteiger partial charge in [-0.3, -0.25) is 9.89 Å². The predicted molar refractivity (Wildman–Crippen MR) is 68.4 cm³/mol. The van der Waals surface area contributed by atoms with Gasteiger partial charge in [0.2, 0.25) is 0 Å². The smallest absolute Gasteiger partial charge is 0.257 e. The highest BCUT2D eigenvalue weighted by Crippen LogP contribution is 2.21. The van der Waals surface area contributed by atoms with Crippen LogP contribution in [-0.2, 0) is 0 Å². The Morgan fingerprint density at radius 3 is 2.83 bits per heavy atom. The van der Waals surface area contributed by atoms with Crippen LogP contribution in [0, 0.1) is 13.8 Å². The number of aromatic amines is 1. The van der Waals surface area contributed by atoms with Crippen molar-refractivity contribution < 1.29 is 9.90 Å². The molecule has 1 aromatic heterocycles. The van der Waals surface area contributed by atoms with Crippen molar-refractivity contribution in [2.45, 2.75) is 45.6 Å². The first kappa shape index (κ1) is 13.1. The number of amides is 1. The summed E-state index contributed by atoms with van der Waals surface area (Å²) in [5, 5.41) is 16.4. The number of hydrogen-bond donors (Lipinski definition) is 2. The number of H-pyrrole nitrogens is 1. The summed E-state index contributed by atoms with van der Waals surface area (Å²) in [6, 6.07) is -0.0475. The second-order valence-electron chi connectivity index (χ2n) is 4.99. The maximum absolute atomic E-state index is 12.6. The third-order valence-electron chi connectivity index (χ3n) is 3.69. The molecule has 5 heteroatoms. The predicted octanol–water partition coefficient (Wildman–Crippen LogP) is 1.40. The van der Waals surface area contributed by atoms with E-state index >= 15 is 0 Å². The van der Waals surface area contributed by atoms with E-state index in [0.29, 0.717) is 5.56 Å². The van der Waals surface area contributed by atoms with E-state index in [1.54, 1.807) is 0 Å². The molecule has 100 valence electrons. The van der Waals surface area contributed by atoms with Gasteiger partial charge in [0.25, 0.3) is 5.91 Å². The van der Waals surface area contributed by atoms with Gasteiger partial charge in [-0.2, -0.15) is 5.10 Å². The molecule has 0 bridgehead atoms. The van der Waals surface area contributed by atoms with Gasteiger partial charge < -0.3 is 10.0 Å². The highest BCUT2D eigenvalue weighted by Gasteiger charge is 2.28. The summed E-state index contributed by atoms with van der Waals surface area (Å²) in [5.74, 6) is -0.000278. The Kier molecular flexibility index (Phi) is 4.01. The van der Waals surface area contributed by atoms with Gasteiger partial charge in [-0.05, 0) is 26.7 Å². The number of carbonyl (C=O) groups is 1. The van der Waals surface area contributed by atoms with Crippen LogP contribution < -0.4 is 0 Å². The molecule has 1 aromatic rings. The molecule has 2 rings (SSSR count). The van der Waals surface area contributed by atoms with Gasteiger partial charge in [-0.25, -0.2) is 0 Å². The van der Waals surface area contributed by atoms with Gasteiger partial charge in [0.1, 0.15) is 0 Å². The average molecular weight is 251 g/mol. The van der Waals surface area contributed by atoms with E-state index in [4.69, 9.17) is 0 Å². The molecule has 0 aliphatic carbocycles. The van der Waals surface area contributed by atoms with Crippen molar-refractivity contribution in [3.8, 4) is 0 Å². The van der Waals surface area contributed by atoms with Crippen LogP contribution >= 0.6 is 0 Å². The zero-order valence-corrected chi connectivity index (χ0v) is 11.1. The molecule has 1 atom stereocenters. The van der Waals surface area contributed by atoms with E-state index in [0.717, 1.165) is 43.6 Å². The number of aliphatic hydroxyl groups is 1. The van der Waals surface area contributed by atoms with Crippen molar-refractivity contribution in [3.63, 3.8) is 0 Å². The summed E-state index contributed by atoms with van der Waals surface area (Å²) in [4.78, 5) is 14.4. The first-order valence-electron chi connectivity index (χ1n) is 6.58. The van der Waals surface area contributed by atoms with Crippen molar-refractivity contribution in [2.75, 3.05) is 13.2 Å². The molecule has 18 heavy (non-hydrogen) atoms. The number of aromatic nitrogens is 2. The fourth-order valence-corrected chi connectivity index (χ4v) is 2.64. The number of likely N-dealkylation sites (tertiary alicyclic amines) is 1. The van der Waals surface area contributed by atoms with Crippen LogP contribution in [0.15, 0.2) is 0 Å². The van der Waals surface area contributed by atoms with Gasteiger partial charge in [0.05, 0.1) is 23.9 Å². The molecule has 1 aliphatic rings. The van der Waals surface area contributed by atoms with Crippen molar-refractivity contribution in [1.29, 1.82) is 0 Å². The van der Waals surface area contributed by atoms with Gasteiger partial charge in [-0.15, -0.1) is 0 Å². The van der Waals surface area contributed by atoms with Gasteiger partial charge in [-0.1, -0.05) is 12.8 Å². The summed E-state index contributed by atoms with van der Waals surface area (Å²) < 4.78 is 0. The molecule has 1 saturated heterocycles. The number of aliphatic hydroxyl groups excluding tert-OH is 1. The number of nitrogens with one attached hydrogen (secondary N) is 1. The minimum Gasteiger partial charge on any atom is -0.394 e. The number of hydrogen-bond acceptors (Lipinski definition) is 3. The average Bonchev–Trinajstić information content (AvgIpc) is 2.57. The fraction of sp³-hybridized carbons (Fsp3) is 0.692.